The summed E-state index contributed by atoms with van der Waals surface area (Å²) in [6, 6.07) is 13.8. The fourth-order valence-corrected chi connectivity index (χ4v) is 2.53. The number of aryl methyl sites for hydroxylation is 2. The first kappa shape index (κ1) is 16.2. The van der Waals surface area contributed by atoms with E-state index in [-0.39, 0.29) is 11.2 Å². The molecule has 0 N–H and O–H groups in total. The Morgan fingerprint density at radius 3 is 2.00 bits per heavy atom. The predicted molar refractivity (Wildman–Crippen MR) is 94.4 cm³/mol. The first-order valence-corrected chi connectivity index (χ1v) is 7.68. The maximum absolute atomic E-state index is 12.2. The van der Waals surface area contributed by atoms with Gasteiger partial charge in [0.1, 0.15) is 0 Å². The van der Waals surface area contributed by atoms with Gasteiger partial charge >= 0.3 is 0 Å². The molecule has 0 atom stereocenters. The van der Waals surface area contributed by atoms with E-state index in [1.807, 2.05) is 36.4 Å². The summed E-state index contributed by atoms with van der Waals surface area (Å²) in [5, 5.41) is 0. The minimum absolute atomic E-state index is 0.0410. The number of ketones is 1. The summed E-state index contributed by atoms with van der Waals surface area (Å²) in [7, 11) is 0. The van der Waals surface area contributed by atoms with Crippen LogP contribution in [0.3, 0.4) is 0 Å². The van der Waals surface area contributed by atoms with Gasteiger partial charge in [-0.1, -0.05) is 69.3 Å². The molecule has 0 aliphatic carbocycles. The molecule has 0 aromatic heterocycles. The summed E-state index contributed by atoms with van der Waals surface area (Å²) in [6.45, 7) is 10.9. The SMILES string of the molecule is Cc1cc(C(C)(C)C)cc(C)c1/C=C/C(=O)c1ccccc1. The molecule has 2 rings (SSSR count). The van der Waals surface area contributed by atoms with E-state index < -0.39 is 0 Å². The highest BCUT2D eigenvalue weighted by molar-refractivity contribution is 6.06. The number of rotatable bonds is 3. The standard InChI is InChI=1S/C21H24O/c1-15-13-18(21(3,4)5)14-16(2)19(15)11-12-20(22)17-9-7-6-8-10-17/h6-14H,1-5H3/b12-11+. The van der Waals surface area contributed by atoms with Crippen molar-refractivity contribution in [2.45, 2.75) is 40.0 Å². The molecule has 0 saturated carbocycles. The van der Waals surface area contributed by atoms with Crippen LogP contribution in [-0.2, 0) is 5.41 Å². The van der Waals surface area contributed by atoms with Crippen molar-refractivity contribution >= 4 is 11.9 Å². The first-order valence-electron chi connectivity index (χ1n) is 7.68. The minimum atomic E-state index is 0.0410. The molecule has 0 bridgehead atoms. The second-order valence-electron chi connectivity index (χ2n) is 6.84. The monoisotopic (exact) mass is 292 g/mol. The Bertz CT molecular complexity index is 677. The molecule has 0 unspecified atom stereocenters. The van der Waals surface area contributed by atoms with Gasteiger partial charge in [-0.3, -0.25) is 4.79 Å². The highest BCUT2D eigenvalue weighted by atomic mass is 16.1. The normalized spacial score (nSPS) is 11.9. The van der Waals surface area contributed by atoms with Crippen LogP contribution in [0, 0.1) is 13.8 Å². The van der Waals surface area contributed by atoms with Gasteiger partial charge in [0, 0.05) is 5.56 Å². The van der Waals surface area contributed by atoms with Crippen molar-refractivity contribution in [2.75, 3.05) is 0 Å². The zero-order valence-corrected chi connectivity index (χ0v) is 14.1. The molecule has 0 spiro atoms. The second kappa shape index (κ2) is 6.31. The lowest BCUT2D eigenvalue weighted by Crippen LogP contribution is -2.12. The van der Waals surface area contributed by atoms with Crippen molar-refractivity contribution in [1.82, 2.24) is 0 Å². The topological polar surface area (TPSA) is 17.1 Å². The molecule has 0 heterocycles. The van der Waals surface area contributed by atoms with Crippen LogP contribution in [0.4, 0.5) is 0 Å². The van der Waals surface area contributed by atoms with Crippen LogP contribution in [0.5, 0.6) is 0 Å². The van der Waals surface area contributed by atoms with Gasteiger partial charge in [0.05, 0.1) is 0 Å². The van der Waals surface area contributed by atoms with Crippen molar-refractivity contribution in [2.24, 2.45) is 0 Å². The maximum atomic E-state index is 12.2. The molecular weight excluding hydrogens is 268 g/mol. The van der Waals surface area contributed by atoms with E-state index in [0.29, 0.717) is 0 Å². The van der Waals surface area contributed by atoms with Crippen LogP contribution in [0.2, 0.25) is 0 Å². The summed E-state index contributed by atoms with van der Waals surface area (Å²) in [5.41, 5.74) is 5.74. The van der Waals surface area contributed by atoms with Crippen LogP contribution in [-0.4, -0.2) is 5.78 Å². The van der Waals surface area contributed by atoms with E-state index in [9.17, 15) is 4.79 Å². The summed E-state index contributed by atoms with van der Waals surface area (Å²) in [5.74, 6) is 0.0410. The summed E-state index contributed by atoms with van der Waals surface area (Å²) >= 11 is 0. The van der Waals surface area contributed by atoms with Crippen LogP contribution in [0.25, 0.3) is 6.08 Å². The minimum Gasteiger partial charge on any atom is -0.289 e. The van der Waals surface area contributed by atoms with E-state index in [2.05, 4.69) is 46.8 Å². The van der Waals surface area contributed by atoms with E-state index in [1.54, 1.807) is 6.08 Å². The van der Waals surface area contributed by atoms with E-state index in [1.165, 1.54) is 16.7 Å². The van der Waals surface area contributed by atoms with Crippen molar-refractivity contribution < 1.29 is 4.79 Å². The Kier molecular flexibility index (Phi) is 4.65. The van der Waals surface area contributed by atoms with Crippen molar-refractivity contribution in [3.05, 3.63) is 76.4 Å². The average Bonchev–Trinajstić information content (AvgIpc) is 2.46. The van der Waals surface area contributed by atoms with Crippen LogP contribution < -0.4 is 0 Å². The molecule has 1 nitrogen and oxygen atoms in total. The van der Waals surface area contributed by atoms with Gasteiger partial charge in [-0.2, -0.15) is 0 Å². The smallest absolute Gasteiger partial charge is 0.185 e. The molecule has 1 heteroatoms. The van der Waals surface area contributed by atoms with Crippen LogP contribution >= 0.6 is 0 Å². The number of allylic oxidation sites excluding steroid dienone is 1. The molecule has 0 radical (unpaired) electrons. The lowest BCUT2D eigenvalue weighted by molar-refractivity contribution is 0.104. The third kappa shape index (κ3) is 3.73. The van der Waals surface area contributed by atoms with Gasteiger partial charge in [-0.05, 0) is 47.6 Å². The highest BCUT2D eigenvalue weighted by Gasteiger charge is 2.15. The number of hydrogen-bond donors (Lipinski definition) is 0. The van der Waals surface area contributed by atoms with Crippen LogP contribution in [0.15, 0.2) is 48.5 Å². The Morgan fingerprint density at radius 1 is 0.955 bits per heavy atom. The number of carbonyl (C=O) groups excluding carboxylic acids is 1. The second-order valence-corrected chi connectivity index (χ2v) is 6.84. The third-order valence-corrected chi connectivity index (χ3v) is 3.92. The molecule has 0 fully saturated rings. The molecule has 0 aliphatic rings. The third-order valence-electron chi connectivity index (χ3n) is 3.92. The Labute approximate surface area is 133 Å². The van der Waals surface area contributed by atoms with E-state index in [4.69, 9.17) is 0 Å². The fraction of sp³-hybridized carbons (Fsp3) is 0.286. The van der Waals surface area contributed by atoms with Crippen LogP contribution in [0.1, 0.15) is 53.4 Å². The van der Waals surface area contributed by atoms with Gasteiger partial charge in [0.15, 0.2) is 5.78 Å². The van der Waals surface area contributed by atoms with Gasteiger partial charge in [-0.25, -0.2) is 0 Å². The first-order chi connectivity index (χ1) is 10.3. The molecule has 0 amide bonds. The Balaban J connectivity index is 2.31. The molecule has 114 valence electrons. The largest absolute Gasteiger partial charge is 0.289 e. The lowest BCUT2D eigenvalue weighted by atomic mass is 9.83. The summed E-state index contributed by atoms with van der Waals surface area (Å²) in [6.07, 6.45) is 3.61. The zero-order chi connectivity index (χ0) is 16.3. The van der Waals surface area contributed by atoms with Gasteiger partial charge in [0.2, 0.25) is 0 Å². The summed E-state index contributed by atoms with van der Waals surface area (Å²) in [4.78, 5) is 12.2. The molecule has 2 aromatic carbocycles. The number of benzene rings is 2. The van der Waals surface area contributed by atoms with E-state index in [0.717, 1.165) is 11.1 Å². The average molecular weight is 292 g/mol. The van der Waals surface area contributed by atoms with E-state index >= 15 is 0 Å². The Morgan fingerprint density at radius 2 is 1.50 bits per heavy atom. The number of hydrogen-bond acceptors (Lipinski definition) is 1. The predicted octanol–water partition coefficient (Wildman–Crippen LogP) is 5.50. The molecular formula is C21H24O. The number of carbonyl (C=O) groups is 1. The van der Waals surface area contributed by atoms with Gasteiger partial charge in [0.25, 0.3) is 0 Å². The van der Waals surface area contributed by atoms with Crippen molar-refractivity contribution in [1.29, 1.82) is 0 Å². The highest BCUT2D eigenvalue weighted by Crippen LogP contribution is 2.27. The van der Waals surface area contributed by atoms with Crippen molar-refractivity contribution in [3.63, 3.8) is 0 Å². The molecule has 2 aromatic rings. The quantitative estimate of drug-likeness (QED) is 0.539. The fourth-order valence-electron chi connectivity index (χ4n) is 2.53. The zero-order valence-electron chi connectivity index (χ0n) is 14.1. The lowest BCUT2D eigenvalue weighted by Gasteiger charge is -2.21. The van der Waals surface area contributed by atoms with Gasteiger partial charge in [-0.15, -0.1) is 0 Å². The maximum Gasteiger partial charge on any atom is 0.185 e. The van der Waals surface area contributed by atoms with Gasteiger partial charge < -0.3 is 0 Å². The molecule has 0 aliphatic heterocycles. The van der Waals surface area contributed by atoms with Crippen molar-refractivity contribution in [3.8, 4) is 0 Å². The Hall–Kier alpha value is -2.15. The molecule has 0 saturated heterocycles. The molecule has 22 heavy (non-hydrogen) atoms. The summed E-state index contributed by atoms with van der Waals surface area (Å²) < 4.78 is 0.